The summed E-state index contributed by atoms with van der Waals surface area (Å²) >= 11 is 0. The van der Waals surface area contributed by atoms with E-state index in [1.54, 1.807) is 6.07 Å². The normalized spacial score (nSPS) is 13.1. The Morgan fingerprint density at radius 3 is 2.56 bits per heavy atom. The minimum Gasteiger partial charge on any atom is -0.481 e. The highest BCUT2D eigenvalue weighted by molar-refractivity contribution is 5.76. The summed E-state index contributed by atoms with van der Waals surface area (Å²) in [6.07, 6.45) is 0.0951. The summed E-state index contributed by atoms with van der Waals surface area (Å²) in [5, 5.41) is 8.95. The minimum atomic E-state index is -0.809. The van der Waals surface area contributed by atoms with Crippen LogP contribution in [-0.4, -0.2) is 21.0 Å². The van der Waals surface area contributed by atoms with Gasteiger partial charge in [-0.2, -0.15) is 0 Å². The molecule has 0 aliphatic carbocycles. The molecule has 1 unspecified atom stereocenters. The average molecular weight is 248 g/mol. The SMILES string of the molecule is CC(C)C(CC(=O)O)c1ccc2[nH]c(=O)[nH]c2c1. The molecule has 1 heterocycles. The van der Waals surface area contributed by atoms with Crippen molar-refractivity contribution >= 4 is 17.0 Å². The van der Waals surface area contributed by atoms with Gasteiger partial charge in [-0.05, 0) is 29.5 Å². The summed E-state index contributed by atoms with van der Waals surface area (Å²) in [6.45, 7) is 4.00. The first-order valence-corrected chi connectivity index (χ1v) is 5.91. The van der Waals surface area contributed by atoms with Crippen LogP contribution in [-0.2, 0) is 4.79 Å². The number of hydrogen-bond donors (Lipinski definition) is 3. The van der Waals surface area contributed by atoms with E-state index in [4.69, 9.17) is 5.11 Å². The second kappa shape index (κ2) is 4.68. The first-order valence-electron chi connectivity index (χ1n) is 5.91. The number of carboxylic acid groups (broad SMARTS) is 1. The third-order valence-corrected chi connectivity index (χ3v) is 3.17. The lowest BCUT2D eigenvalue weighted by atomic mass is 9.85. The summed E-state index contributed by atoms with van der Waals surface area (Å²) in [4.78, 5) is 27.4. The van der Waals surface area contributed by atoms with E-state index in [0.29, 0.717) is 5.52 Å². The summed E-state index contributed by atoms with van der Waals surface area (Å²) < 4.78 is 0. The summed E-state index contributed by atoms with van der Waals surface area (Å²) in [5.41, 5.74) is 2.15. The van der Waals surface area contributed by atoms with Crippen molar-refractivity contribution in [3.05, 3.63) is 34.2 Å². The predicted octanol–water partition coefficient (Wildman–Crippen LogP) is 2.07. The maximum atomic E-state index is 11.2. The molecule has 2 rings (SSSR count). The number of hydrogen-bond acceptors (Lipinski definition) is 2. The van der Waals surface area contributed by atoms with Crippen LogP contribution in [0.4, 0.5) is 0 Å². The van der Waals surface area contributed by atoms with Crippen LogP contribution >= 0.6 is 0 Å². The number of rotatable bonds is 4. The number of imidazole rings is 1. The molecule has 1 aromatic carbocycles. The van der Waals surface area contributed by atoms with Crippen molar-refractivity contribution in [2.24, 2.45) is 5.92 Å². The molecule has 0 aliphatic rings. The lowest BCUT2D eigenvalue weighted by Gasteiger charge is -2.19. The molecule has 18 heavy (non-hydrogen) atoms. The maximum Gasteiger partial charge on any atom is 0.323 e. The highest BCUT2D eigenvalue weighted by Crippen LogP contribution is 2.29. The highest BCUT2D eigenvalue weighted by atomic mass is 16.4. The van der Waals surface area contributed by atoms with Crippen LogP contribution in [0.3, 0.4) is 0 Å². The zero-order valence-corrected chi connectivity index (χ0v) is 10.4. The number of aliphatic carboxylic acids is 1. The zero-order chi connectivity index (χ0) is 13.3. The first-order chi connectivity index (χ1) is 8.47. The second-order valence-corrected chi connectivity index (χ2v) is 4.83. The number of aromatic amines is 2. The van der Waals surface area contributed by atoms with Gasteiger partial charge in [-0.15, -0.1) is 0 Å². The fourth-order valence-electron chi connectivity index (χ4n) is 2.21. The van der Waals surface area contributed by atoms with E-state index >= 15 is 0 Å². The van der Waals surface area contributed by atoms with Crippen molar-refractivity contribution in [1.29, 1.82) is 0 Å². The third kappa shape index (κ3) is 2.45. The van der Waals surface area contributed by atoms with Gasteiger partial charge in [0, 0.05) is 0 Å². The Kier molecular flexibility index (Phi) is 3.23. The monoisotopic (exact) mass is 248 g/mol. The van der Waals surface area contributed by atoms with Gasteiger partial charge in [-0.1, -0.05) is 19.9 Å². The van der Waals surface area contributed by atoms with Gasteiger partial charge in [-0.3, -0.25) is 4.79 Å². The Balaban J connectivity index is 2.43. The minimum absolute atomic E-state index is 0.0506. The maximum absolute atomic E-state index is 11.2. The summed E-state index contributed by atoms with van der Waals surface area (Å²) in [6, 6.07) is 5.53. The molecule has 0 amide bonds. The Morgan fingerprint density at radius 2 is 1.94 bits per heavy atom. The van der Waals surface area contributed by atoms with Crippen molar-refractivity contribution in [2.45, 2.75) is 26.2 Å². The lowest BCUT2D eigenvalue weighted by Crippen LogP contribution is -2.12. The summed E-state index contributed by atoms with van der Waals surface area (Å²) in [5.74, 6) is -0.633. The molecule has 2 aromatic rings. The predicted molar refractivity (Wildman–Crippen MR) is 68.8 cm³/mol. The molecule has 5 nitrogen and oxygen atoms in total. The molecule has 1 aromatic heterocycles. The number of benzene rings is 1. The first kappa shape index (κ1) is 12.4. The number of aromatic nitrogens is 2. The molecule has 0 aliphatic heterocycles. The van der Waals surface area contributed by atoms with Crippen LogP contribution < -0.4 is 5.69 Å². The topological polar surface area (TPSA) is 85.9 Å². The van der Waals surface area contributed by atoms with Crippen LogP contribution in [0.5, 0.6) is 0 Å². The molecule has 96 valence electrons. The van der Waals surface area contributed by atoms with E-state index in [-0.39, 0.29) is 23.9 Å². The molecular formula is C13H16N2O3. The van der Waals surface area contributed by atoms with Crippen molar-refractivity contribution in [1.82, 2.24) is 9.97 Å². The number of nitrogens with one attached hydrogen (secondary N) is 2. The molecule has 0 spiro atoms. The fraction of sp³-hybridized carbons (Fsp3) is 0.385. The van der Waals surface area contributed by atoms with Crippen molar-refractivity contribution in [2.75, 3.05) is 0 Å². The van der Waals surface area contributed by atoms with E-state index in [0.717, 1.165) is 11.1 Å². The van der Waals surface area contributed by atoms with Crippen LogP contribution in [0, 0.1) is 5.92 Å². The van der Waals surface area contributed by atoms with Crippen molar-refractivity contribution < 1.29 is 9.90 Å². The largest absolute Gasteiger partial charge is 0.481 e. The molecule has 0 saturated heterocycles. The quantitative estimate of drug-likeness (QED) is 0.774. The summed E-state index contributed by atoms with van der Waals surface area (Å²) in [7, 11) is 0. The van der Waals surface area contributed by atoms with Crippen LogP contribution in [0.25, 0.3) is 11.0 Å². The van der Waals surface area contributed by atoms with Gasteiger partial charge < -0.3 is 15.1 Å². The third-order valence-electron chi connectivity index (χ3n) is 3.17. The number of carboxylic acids is 1. The Morgan fingerprint density at radius 1 is 1.28 bits per heavy atom. The Hall–Kier alpha value is -2.04. The van der Waals surface area contributed by atoms with Gasteiger partial charge in [-0.25, -0.2) is 4.79 Å². The van der Waals surface area contributed by atoms with E-state index in [1.807, 2.05) is 26.0 Å². The number of H-pyrrole nitrogens is 2. The molecule has 0 fully saturated rings. The number of carbonyl (C=O) groups is 1. The van der Waals surface area contributed by atoms with E-state index in [1.165, 1.54) is 0 Å². The molecule has 5 heteroatoms. The molecule has 3 N–H and O–H groups in total. The van der Waals surface area contributed by atoms with Gasteiger partial charge in [0.25, 0.3) is 0 Å². The smallest absolute Gasteiger partial charge is 0.323 e. The van der Waals surface area contributed by atoms with Gasteiger partial charge >= 0.3 is 11.7 Å². The van der Waals surface area contributed by atoms with E-state index in [2.05, 4.69) is 9.97 Å². The van der Waals surface area contributed by atoms with Crippen molar-refractivity contribution in [3.63, 3.8) is 0 Å². The number of fused-ring (bicyclic) bond motifs is 1. The van der Waals surface area contributed by atoms with E-state index in [9.17, 15) is 9.59 Å². The highest BCUT2D eigenvalue weighted by Gasteiger charge is 2.19. The molecule has 1 atom stereocenters. The van der Waals surface area contributed by atoms with Gasteiger partial charge in [0.2, 0.25) is 0 Å². The van der Waals surface area contributed by atoms with Crippen LogP contribution in [0.2, 0.25) is 0 Å². The molecule has 0 radical (unpaired) electrons. The van der Waals surface area contributed by atoms with Gasteiger partial charge in [0.05, 0.1) is 17.5 Å². The van der Waals surface area contributed by atoms with Crippen LogP contribution in [0.15, 0.2) is 23.0 Å². The standard InChI is InChI=1S/C13H16N2O3/c1-7(2)9(6-12(16)17)8-3-4-10-11(5-8)15-13(18)14-10/h3-5,7,9H,6H2,1-2H3,(H,16,17)(H2,14,15,18). The van der Waals surface area contributed by atoms with Gasteiger partial charge in [0.1, 0.15) is 0 Å². The average Bonchev–Trinajstić information content (AvgIpc) is 2.64. The lowest BCUT2D eigenvalue weighted by molar-refractivity contribution is -0.137. The molecule has 0 bridgehead atoms. The van der Waals surface area contributed by atoms with E-state index < -0.39 is 5.97 Å². The van der Waals surface area contributed by atoms with Gasteiger partial charge in [0.15, 0.2) is 0 Å². The molecule has 0 saturated carbocycles. The zero-order valence-electron chi connectivity index (χ0n) is 10.4. The fourth-order valence-corrected chi connectivity index (χ4v) is 2.21. The van der Waals surface area contributed by atoms with Crippen LogP contribution in [0.1, 0.15) is 31.7 Å². The Labute approximate surface area is 104 Å². The Bertz CT molecular complexity index is 624. The second-order valence-electron chi connectivity index (χ2n) is 4.83. The van der Waals surface area contributed by atoms with Crippen molar-refractivity contribution in [3.8, 4) is 0 Å². The molecular weight excluding hydrogens is 232 g/mol.